The first-order chi connectivity index (χ1) is 13.3. The molecule has 2 N–H and O–H groups in total. The monoisotopic (exact) mass is 400 g/mol. The molecule has 0 saturated carbocycles. The van der Waals surface area contributed by atoms with Crippen molar-refractivity contribution >= 4 is 34.8 Å². The van der Waals surface area contributed by atoms with E-state index in [0.29, 0.717) is 27.7 Å². The van der Waals surface area contributed by atoms with E-state index in [9.17, 15) is 9.59 Å². The third-order valence-electron chi connectivity index (χ3n) is 4.17. The molecule has 0 aliphatic heterocycles. The summed E-state index contributed by atoms with van der Waals surface area (Å²) in [7, 11) is 3.16. The Bertz CT molecular complexity index is 911. The number of para-hydroxylation sites is 1. The zero-order valence-corrected chi connectivity index (χ0v) is 16.6. The number of hydrogen-bond acceptors (Lipinski definition) is 5. The Morgan fingerprint density at radius 2 is 1.93 bits per heavy atom. The predicted octanol–water partition coefficient (Wildman–Crippen LogP) is 3.12. The van der Waals surface area contributed by atoms with Crippen LogP contribution in [0.3, 0.4) is 0 Å². The van der Waals surface area contributed by atoms with Crippen molar-refractivity contribution in [1.82, 2.24) is 4.90 Å². The van der Waals surface area contributed by atoms with Crippen LogP contribution in [0.25, 0.3) is 0 Å². The summed E-state index contributed by atoms with van der Waals surface area (Å²) in [5.74, 6) is -0.155. The lowest BCUT2D eigenvalue weighted by Crippen LogP contribution is -2.43. The highest BCUT2D eigenvalue weighted by Gasteiger charge is 2.21. The Kier molecular flexibility index (Phi) is 7.38. The van der Waals surface area contributed by atoms with Crippen molar-refractivity contribution in [2.75, 3.05) is 31.3 Å². The molecule has 2 aromatic carbocycles. The number of amides is 2. The first-order valence-electron chi connectivity index (χ1n) is 8.49. The lowest BCUT2D eigenvalue weighted by molar-refractivity contribution is -0.122. The minimum atomic E-state index is -0.598. The molecule has 1 unspecified atom stereocenters. The van der Waals surface area contributed by atoms with E-state index in [0.717, 1.165) is 0 Å². The van der Waals surface area contributed by atoms with E-state index in [1.165, 1.54) is 7.11 Å². The maximum absolute atomic E-state index is 12.5. The molecule has 0 aliphatic rings. The van der Waals surface area contributed by atoms with E-state index in [-0.39, 0.29) is 18.4 Å². The topological polar surface area (TPSA) is 94.5 Å². The van der Waals surface area contributed by atoms with Crippen molar-refractivity contribution in [3.8, 4) is 11.8 Å². The van der Waals surface area contributed by atoms with Gasteiger partial charge in [0.05, 0.1) is 36.6 Å². The van der Waals surface area contributed by atoms with Gasteiger partial charge in [-0.2, -0.15) is 5.26 Å². The summed E-state index contributed by atoms with van der Waals surface area (Å²) in [6, 6.07) is 13.1. The second-order valence-corrected chi connectivity index (χ2v) is 6.57. The fourth-order valence-corrected chi connectivity index (χ4v) is 2.63. The molecule has 0 spiro atoms. The van der Waals surface area contributed by atoms with Gasteiger partial charge in [-0.05, 0) is 44.3 Å². The van der Waals surface area contributed by atoms with Gasteiger partial charge >= 0.3 is 0 Å². The Morgan fingerprint density at radius 3 is 2.61 bits per heavy atom. The summed E-state index contributed by atoms with van der Waals surface area (Å²) >= 11 is 5.96. The molecular weight excluding hydrogens is 380 g/mol. The Morgan fingerprint density at radius 1 is 1.21 bits per heavy atom. The number of nitrogens with one attached hydrogen (secondary N) is 2. The highest BCUT2D eigenvalue weighted by Crippen LogP contribution is 2.27. The second-order valence-electron chi connectivity index (χ2n) is 6.13. The van der Waals surface area contributed by atoms with Gasteiger partial charge in [0.1, 0.15) is 11.8 Å². The van der Waals surface area contributed by atoms with Crippen LogP contribution < -0.4 is 15.4 Å². The number of ether oxygens (including phenoxy) is 1. The molecule has 2 aromatic rings. The lowest BCUT2D eigenvalue weighted by atomic mass is 10.2. The van der Waals surface area contributed by atoms with Gasteiger partial charge in [-0.3, -0.25) is 14.5 Å². The van der Waals surface area contributed by atoms with Crippen molar-refractivity contribution in [2.24, 2.45) is 0 Å². The number of rotatable bonds is 7. The molecule has 1 atom stereocenters. The molecule has 8 heteroatoms. The molecular formula is C20H21ClN4O3. The van der Waals surface area contributed by atoms with Crippen molar-refractivity contribution in [2.45, 2.75) is 13.0 Å². The van der Waals surface area contributed by atoms with Crippen molar-refractivity contribution in [3.63, 3.8) is 0 Å². The zero-order valence-electron chi connectivity index (χ0n) is 15.8. The molecule has 0 bridgehead atoms. The van der Waals surface area contributed by atoms with Crippen LogP contribution in [-0.2, 0) is 9.59 Å². The summed E-state index contributed by atoms with van der Waals surface area (Å²) < 4.78 is 5.20. The molecule has 0 fully saturated rings. The minimum Gasteiger partial charge on any atom is -0.495 e. The molecule has 0 aliphatic carbocycles. The SMILES string of the molecule is COc1ccc(Cl)cc1NC(=O)CN(C)C(C)C(=O)Nc1ccccc1C#N. The number of benzene rings is 2. The standard InChI is InChI=1S/C20H21ClN4O3/c1-13(20(27)24-16-7-5-4-6-14(16)11-22)25(2)12-19(26)23-17-10-15(21)8-9-18(17)28-3/h4-10,13H,12H2,1-3H3,(H,23,26)(H,24,27). The third kappa shape index (κ3) is 5.46. The number of anilines is 2. The number of methoxy groups -OCH3 is 1. The zero-order chi connectivity index (χ0) is 20.7. The molecule has 0 heterocycles. The van der Waals surface area contributed by atoms with Gasteiger partial charge in [0.25, 0.3) is 0 Å². The van der Waals surface area contributed by atoms with E-state index < -0.39 is 6.04 Å². The van der Waals surface area contributed by atoms with Crippen LogP contribution in [0.15, 0.2) is 42.5 Å². The quantitative estimate of drug-likeness (QED) is 0.744. The number of nitrogens with zero attached hydrogens (tertiary/aromatic N) is 2. The van der Waals surface area contributed by atoms with E-state index in [1.54, 1.807) is 61.3 Å². The first-order valence-corrected chi connectivity index (χ1v) is 8.87. The molecule has 7 nitrogen and oxygen atoms in total. The molecule has 0 radical (unpaired) electrons. The largest absolute Gasteiger partial charge is 0.495 e. The van der Waals surface area contributed by atoms with E-state index >= 15 is 0 Å². The van der Waals surface area contributed by atoms with Crippen LogP contribution in [0.1, 0.15) is 12.5 Å². The van der Waals surface area contributed by atoms with Crippen LogP contribution in [0, 0.1) is 11.3 Å². The highest BCUT2D eigenvalue weighted by molar-refractivity contribution is 6.31. The van der Waals surface area contributed by atoms with E-state index in [2.05, 4.69) is 10.6 Å². The summed E-state index contributed by atoms with van der Waals surface area (Å²) in [4.78, 5) is 26.4. The van der Waals surface area contributed by atoms with E-state index in [1.807, 2.05) is 6.07 Å². The maximum atomic E-state index is 12.5. The predicted molar refractivity (Wildman–Crippen MR) is 109 cm³/mol. The average Bonchev–Trinajstić information content (AvgIpc) is 2.67. The van der Waals surface area contributed by atoms with Crippen LogP contribution in [-0.4, -0.2) is 43.5 Å². The van der Waals surface area contributed by atoms with Gasteiger partial charge in [-0.25, -0.2) is 0 Å². The van der Waals surface area contributed by atoms with Gasteiger partial charge in [0.2, 0.25) is 11.8 Å². The normalized spacial score (nSPS) is 11.4. The number of halogens is 1. The van der Waals surface area contributed by atoms with Crippen molar-refractivity contribution in [3.05, 3.63) is 53.1 Å². The van der Waals surface area contributed by atoms with Crippen molar-refractivity contribution < 1.29 is 14.3 Å². The molecule has 2 amide bonds. The van der Waals surface area contributed by atoms with Gasteiger partial charge in [-0.1, -0.05) is 23.7 Å². The molecule has 2 rings (SSSR count). The van der Waals surface area contributed by atoms with Crippen LogP contribution in [0.4, 0.5) is 11.4 Å². The molecule has 0 aromatic heterocycles. The molecule has 28 heavy (non-hydrogen) atoms. The molecule has 146 valence electrons. The van der Waals surface area contributed by atoms with Crippen LogP contribution in [0.5, 0.6) is 5.75 Å². The summed E-state index contributed by atoms with van der Waals surface area (Å²) in [5.41, 5.74) is 1.26. The van der Waals surface area contributed by atoms with Crippen molar-refractivity contribution in [1.29, 1.82) is 5.26 Å². The Balaban J connectivity index is 1.98. The average molecular weight is 401 g/mol. The van der Waals surface area contributed by atoms with Crippen LogP contribution >= 0.6 is 11.6 Å². The number of carbonyl (C=O) groups excluding carboxylic acids is 2. The third-order valence-corrected chi connectivity index (χ3v) is 4.41. The fourth-order valence-electron chi connectivity index (χ4n) is 2.46. The minimum absolute atomic E-state index is 0.0237. The summed E-state index contributed by atoms with van der Waals surface area (Å²) in [6.45, 7) is 1.65. The Labute approximate surface area is 168 Å². The number of carbonyl (C=O) groups is 2. The van der Waals surface area contributed by atoms with Gasteiger partial charge in [0, 0.05) is 5.02 Å². The first kappa shape index (κ1) is 21.2. The second kappa shape index (κ2) is 9.74. The summed E-state index contributed by atoms with van der Waals surface area (Å²) in [6.07, 6.45) is 0. The maximum Gasteiger partial charge on any atom is 0.241 e. The number of hydrogen-bond donors (Lipinski definition) is 2. The van der Waals surface area contributed by atoms with Gasteiger partial charge < -0.3 is 15.4 Å². The fraction of sp³-hybridized carbons (Fsp3) is 0.250. The Hall–Kier alpha value is -3.08. The lowest BCUT2D eigenvalue weighted by Gasteiger charge is -2.23. The van der Waals surface area contributed by atoms with Crippen LogP contribution in [0.2, 0.25) is 5.02 Å². The van der Waals surface area contributed by atoms with Gasteiger partial charge in [-0.15, -0.1) is 0 Å². The highest BCUT2D eigenvalue weighted by atomic mass is 35.5. The summed E-state index contributed by atoms with van der Waals surface area (Å²) in [5, 5.41) is 15.0. The van der Waals surface area contributed by atoms with E-state index in [4.69, 9.17) is 21.6 Å². The molecule has 0 saturated heterocycles. The smallest absolute Gasteiger partial charge is 0.241 e. The van der Waals surface area contributed by atoms with Gasteiger partial charge in [0.15, 0.2) is 0 Å². The number of nitriles is 1. The number of likely N-dealkylation sites (N-methyl/N-ethyl adjacent to an activating group) is 1.